The Morgan fingerprint density at radius 3 is 2.46 bits per heavy atom. The van der Waals surface area contributed by atoms with E-state index < -0.39 is 28.0 Å². The van der Waals surface area contributed by atoms with Gasteiger partial charge in [-0.3, -0.25) is 9.59 Å². The van der Waals surface area contributed by atoms with E-state index in [1.807, 2.05) is 0 Å². The number of methoxy groups -OCH3 is 2. The molecule has 0 amide bonds. The maximum atomic E-state index is 12.5. The fourth-order valence-electron chi connectivity index (χ4n) is 2.08. The first-order valence-electron chi connectivity index (χ1n) is 7.24. The van der Waals surface area contributed by atoms with Crippen molar-refractivity contribution in [2.24, 2.45) is 0 Å². The highest BCUT2D eigenvalue weighted by atomic mass is 32.2. The number of carbonyl (C=O) groups excluding carboxylic acids is 1. The largest absolute Gasteiger partial charge is 0.497 e. The molecule has 0 saturated carbocycles. The van der Waals surface area contributed by atoms with Crippen LogP contribution < -0.4 is 9.46 Å². The zero-order chi connectivity index (χ0) is 18.3. The normalized spacial score (nSPS) is 12.5. The predicted octanol–water partition coefficient (Wildman–Crippen LogP) is 0.942. The van der Waals surface area contributed by atoms with Crippen LogP contribution in [-0.2, 0) is 30.8 Å². The van der Waals surface area contributed by atoms with Crippen LogP contribution in [0.25, 0.3) is 0 Å². The van der Waals surface area contributed by atoms with Crippen molar-refractivity contribution >= 4 is 22.0 Å². The average molecular weight is 359 g/mol. The number of hydrogen-bond acceptors (Lipinski definition) is 6. The van der Waals surface area contributed by atoms with E-state index in [9.17, 15) is 18.0 Å². The van der Waals surface area contributed by atoms with Gasteiger partial charge in [-0.2, -0.15) is 4.72 Å². The minimum atomic E-state index is -4.13. The van der Waals surface area contributed by atoms with Gasteiger partial charge in [0, 0.05) is 0 Å². The third-order valence-electron chi connectivity index (χ3n) is 3.29. The second-order valence-corrected chi connectivity index (χ2v) is 6.71. The highest BCUT2D eigenvalue weighted by Crippen LogP contribution is 2.23. The Kier molecular flexibility index (Phi) is 7.18. The standard InChI is InChI=1S/C15H21NO7S/c1-4-5-12(15(18)19)16-24(20,21)13-7-6-11(22-2)8-10(13)9-14(17)23-3/h6-8,12,16H,4-5,9H2,1-3H3,(H,18,19). The Bertz CT molecular complexity index is 700. The fourth-order valence-corrected chi connectivity index (χ4v) is 3.53. The molecule has 0 aliphatic carbocycles. The highest BCUT2D eigenvalue weighted by molar-refractivity contribution is 7.89. The lowest BCUT2D eigenvalue weighted by Crippen LogP contribution is -2.40. The summed E-state index contributed by atoms with van der Waals surface area (Å²) in [5.41, 5.74) is 0.161. The van der Waals surface area contributed by atoms with Gasteiger partial charge >= 0.3 is 11.9 Å². The van der Waals surface area contributed by atoms with E-state index in [0.717, 1.165) is 0 Å². The molecule has 1 rings (SSSR count). The maximum absolute atomic E-state index is 12.5. The van der Waals surface area contributed by atoms with Crippen molar-refractivity contribution in [3.05, 3.63) is 23.8 Å². The smallest absolute Gasteiger partial charge is 0.321 e. The molecule has 9 heteroatoms. The number of aliphatic carboxylic acids is 1. The van der Waals surface area contributed by atoms with Crippen LogP contribution >= 0.6 is 0 Å². The number of sulfonamides is 1. The molecule has 0 aromatic heterocycles. The molecule has 8 nitrogen and oxygen atoms in total. The molecule has 0 aliphatic heterocycles. The third kappa shape index (κ3) is 5.20. The molecule has 0 fully saturated rings. The van der Waals surface area contributed by atoms with Crippen molar-refractivity contribution in [1.82, 2.24) is 4.72 Å². The zero-order valence-electron chi connectivity index (χ0n) is 13.7. The minimum absolute atomic E-state index is 0.150. The van der Waals surface area contributed by atoms with Gasteiger partial charge < -0.3 is 14.6 Å². The van der Waals surface area contributed by atoms with Gasteiger partial charge in [0.2, 0.25) is 10.0 Å². The van der Waals surface area contributed by atoms with Crippen LogP contribution in [0.3, 0.4) is 0 Å². The SMILES string of the molecule is CCCC(NS(=O)(=O)c1ccc(OC)cc1CC(=O)OC)C(=O)O. The highest BCUT2D eigenvalue weighted by Gasteiger charge is 2.27. The van der Waals surface area contributed by atoms with E-state index in [1.165, 1.54) is 32.4 Å². The molecule has 1 aromatic rings. The quantitative estimate of drug-likeness (QED) is 0.630. The van der Waals surface area contributed by atoms with Crippen LogP contribution in [0.5, 0.6) is 5.75 Å². The van der Waals surface area contributed by atoms with Crippen LogP contribution in [0.4, 0.5) is 0 Å². The van der Waals surface area contributed by atoms with Gasteiger partial charge in [-0.15, -0.1) is 0 Å². The van der Waals surface area contributed by atoms with E-state index in [2.05, 4.69) is 9.46 Å². The Hall–Kier alpha value is -2.13. The Morgan fingerprint density at radius 1 is 1.29 bits per heavy atom. The van der Waals surface area contributed by atoms with E-state index in [1.54, 1.807) is 6.92 Å². The number of ether oxygens (including phenoxy) is 2. The van der Waals surface area contributed by atoms with E-state index in [4.69, 9.17) is 9.84 Å². The molecule has 1 atom stereocenters. The number of hydrogen-bond donors (Lipinski definition) is 2. The second kappa shape index (κ2) is 8.65. The van der Waals surface area contributed by atoms with Gasteiger partial charge in [0.25, 0.3) is 0 Å². The van der Waals surface area contributed by atoms with E-state index >= 15 is 0 Å². The van der Waals surface area contributed by atoms with Gasteiger partial charge in [-0.1, -0.05) is 13.3 Å². The molecule has 0 spiro atoms. The number of benzene rings is 1. The molecule has 2 N–H and O–H groups in total. The number of carbonyl (C=O) groups is 2. The first kappa shape index (κ1) is 19.9. The molecule has 134 valence electrons. The topological polar surface area (TPSA) is 119 Å². The van der Waals surface area contributed by atoms with Gasteiger partial charge in [0.1, 0.15) is 11.8 Å². The first-order chi connectivity index (χ1) is 11.2. The summed E-state index contributed by atoms with van der Waals surface area (Å²) in [5, 5.41) is 9.13. The minimum Gasteiger partial charge on any atom is -0.497 e. The number of carboxylic acids is 1. The van der Waals surface area contributed by atoms with Crippen LogP contribution in [0.15, 0.2) is 23.1 Å². The van der Waals surface area contributed by atoms with E-state index in [0.29, 0.717) is 12.2 Å². The van der Waals surface area contributed by atoms with Crippen molar-refractivity contribution in [2.75, 3.05) is 14.2 Å². The number of rotatable bonds is 9. The monoisotopic (exact) mass is 359 g/mol. The summed E-state index contributed by atoms with van der Waals surface area (Å²) in [4.78, 5) is 22.5. The van der Waals surface area contributed by atoms with Gasteiger partial charge in [0.15, 0.2) is 0 Å². The van der Waals surface area contributed by atoms with Gasteiger partial charge in [-0.25, -0.2) is 8.42 Å². The van der Waals surface area contributed by atoms with Crippen molar-refractivity contribution in [1.29, 1.82) is 0 Å². The van der Waals surface area contributed by atoms with Crippen LogP contribution in [0.2, 0.25) is 0 Å². The van der Waals surface area contributed by atoms with Crippen LogP contribution in [-0.4, -0.2) is 45.7 Å². The molecule has 0 saturated heterocycles. The Morgan fingerprint density at radius 2 is 1.96 bits per heavy atom. The average Bonchev–Trinajstić information content (AvgIpc) is 2.53. The summed E-state index contributed by atoms with van der Waals surface area (Å²) in [6, 6.07) is 2.85. The number of esters is 1. The van der Waals surface area contributed by atoms with Crippen molar-refractivity contribution < 1.29 is 32.6 Å². The lowest BCUT2D eigenvalue weighted by Gasteiger charge is -2.16. The summed E-state index contributed by atoms with van der Waals surface area (Å²) in [6.07, 6.45) is 0.365. The molecule has 0 radical (unpaired) electrons. The first-order valence-corrected chi connectivity index (χ1v) is 8.72. The molecule has 0 aliphatic rings. The Labute approximate surface area is 140 Å². The van der Waals surface area contributed by atoms with Crippen molar-refractivity contribution in [3.63, 3.8) is 0 Å². The molecule has 0 bridgehead atoms. The summed E-state index contributed by atoms with van der Waals surface area (Å²) in [7, 11) is -1.53. The van der Waals surface area contributed by atoms with Gasteiger partial charge in [-0.05, 0) is 30.2 Å². The summed E-state index contributed by atoms with van der Waals surface area (Å²) < 4.78 is 36.8. The number of nitrogens with one attached hydrogen (secondary N) is 1. The third-order valence-corrected chi connectivity index (χ3v) is 4.86. The van der Waals surface area contributed by atoms with E-state index in [-0.39, 0.29) is 23.3 Å². The zero-order valence-corrected chi connectivity index (χ0v) is 14.6. The van der Waals surface area contributed by atoms with Crippen LogP contribution in [0, 0.1) is 0 Å². The predicted molar refractivity (Wildman–Crippen MR) is 85.4 cm³/mol. The summed E-state index contributed by atoms with van der Waals surface area (Å²) in [5.74, 6) is -1.51. The summed E-state index contributed by atoms with van der Waals surface area (Å²) in [6.45, 7) is 1.75. The van der Waals surface area contributed by atoms with Crippen molar-refractivity contribution in [3.8, 4) is 5.75 Å². The maximum Gasteiger partial charge on any atom is 0.321 e. The second-order valence-electron chi connectivity index (χ2n) is 5.03. The van der Waals surface area contributed by atoms with Crippen LogP contribution in [0.1, 0.15) is 25.3 Å². The Balaban J connectivity index is 3.26. The summed E-state index contributed by atoms with van der Waals surface area (Å²) >= 11 is 0. The lowest BCUT2D eigenvalue weighted by molar-refractivity contribution is -0.140. The molecular weight excluding hydrogens is 338 g/mol. The lowest BCUT2D eigenvalue weighted by atomic mass is 10.1. The molecule has 1 aromatic carbocycles. The van der Waals surface area contributed by atoms with Crippen molar-refractivity contribution in [2.45, 2.75) is 37.1 Å². The number of carboxylic acid groups (broad SMARTS) is 1. The molecule has 0 heterocycles. The fraction of sp³-hybridized carbons (Fsp3) is 0.467. The molecular formula is C15H21NO7S. The van der Waals surface area contributed by atoms with Gasteiger partial charge in [0.05, 0.1) is 25.5 Å². The molecule has 1 unspecified atom stereocenters. The molecule has 24 heavy (non-hydrogen) atoms.